The summed E-state index contributed by atoms with van der Waals surface area (Å²) < 4.78 is 5.34. The van der Waals surface area contributed by atoms with Crippen molar-refractivity contribution in [2.24, 2.45) is 0 Å². The van der Waals surface area contributed by atoms with Crippen LogP contribution in [0.5, 0.6) is 0 Å². The van der Waals surface area contributed by atoms with E-state index in [0.717, 1.165) is 29.3 Å². The average Bonchev–Trinajstić information content (AvgIpc) is 3.50. The topological polar surface area (TPSA) is 65.8 Å². The maximum absolute atomic E-state index is 13.2. The molecule has 7 heteroatoms. The van der Waals surface area contributed by atoms with Gasteiger partial charge in [0.2, 0.25) is 0 Å². The zero-order chi connectivity index (χ0) is 21.1. The summed E-state index contributed by atoms with van der Waals surface area (Å²) in [6.45, 7) is 6.18. The molecule has 30 heavy (non-hydrogen) atoms. The van der Waals surface area contributed by atoms with Crippen molar-refractivity contribution in [2.45, 2.75) is 20.4 Å². The Morgan fingerprint density at radius 2 is 1.77 bits per heavy atom. The van der Waals surface area contributed by atoms with Crippen LogP contribution < -0.4 is 10.2 Å². The summed E-state index contributed by atoms with van der Waals surface area (Å²) in [6, 6.07) is 15.1. The molecule has 1 aliphatic rings. The second kappa shape index (κ2) is 8.59. The van der Waals surface area contributed by atoms with E-state index in [2.05, 4.69) is 24.1 Å². The van der Waals surface area contributed by atoms with Gasteiger partial charge in [-0.1, -0.05) is 6.07 Å². The molecule has 3 heterocycles. The van der Waals surface area contributed by atoms with E-state index in [9.17, 15) is 9.59 Å². The predicted octanol–water partition coefficient (Wildman–Crippen LogP) is 4.58. The van der Waals surface area contributed by atoms with Crippen molar-refractivity contribution < 1.29 is 14.0 Å². The van der Waals surface area contributed by atoms with Crippen molar-refractivity contribution in [2.75, 3.05) is 23.3 Å². The molecule has 0 atom stereocenters. The molecular formula is C23H23N3O3S. The van der Waals surface area contributed by atoms with Crippen LogP contribution in [-0.2, 0) is 16.1 Å². The number of carbonyl (C=O) groups excluding carboxylic acids is 2. The lowest BCUT2D eigenvalue weighted by Gasteiger charge is -2.21. The molecule has 1 aliphatic heterocycles. The van der Waals surface area contributed by atoms with E-state index in [1.165, 1.54) is 22.5 Å². The first-order valence-electron chi connectivity index (χ1n) is 9.91. The molecular weight excluding hydrogens is 398 g/mol. The molecule has 0 spiro atoms. The van der Waals surface area contributed by atoms with Crippen LogP contribution >= 0.6 is 11.3 Å². The second-order valence-corrected chi connectivity index (χ2v) is 7.79. The zero-order valence-electron chi connectivity index (χ0n) is 16.9. The van der Waals surface area contributed by atoms with Crippen molar-refractivity contribution in [1.29, 1.82) is 0 Å². The van der Waals surface area contributed by atoms with Gasteiger partial charge in [0.1, 0.15) is 11.5 Å². The third-order valence-corrected chi connectivity index (χ3v) is 5.98. The Hall–Kier alpha value is -3.32. The molecule has 154 valence electrons. The van der Waals surface area contributed by atoms with Crippen LogP contribution in [0.3, 0.4) is 0 Å². The highest BCUT2D eigenvalue weighted by molar-refractivity contribution is 7.11. The lowest BCUT2D eigenvalue weighted by atomic mass is 10.1. The Bertz CT molecular complexity index is 1050. The summed E-state index contributed by atoms with van der Waals surface area (Å²) in [5, 5.41) is 5.09. The van der Waals surface area contributed by atoms with E-state index in [1.807, 2.05) is 41.8 Å². The van der Waals surface area contributed by atoms with Crippen molar-refractivity contribution in [3.63, 3.8) is 0 Å². The van der Waals surface area contributed by atoms with E-state index in [0.29, 0.717) is 17.0 Å². The number of nitrogens with one attached hydrogen (secondary N) is 1. The molecule has 0 unspecified atom stereocenters. The van der Waals surface area contributed by atoms with Crippen molar-refractivity contribution in [3.05, 3.63) is 76.5 Å². The lowest BCUT2D eigenvalue weighted by Crippen LogP contribution is -2.31. The number of imide groups is 1. The quantitative estimate of drug-likeness (QED) is 0.540. The number of furan rings is 1. The van der Waals surface area contributed by atoms with E-state index < -0.39 is 0 Å². The number of amides is 2. The van der Waals surface area contributed by atoms with E-state index in [-0.39, 0.29) is 18.4 Å². The number of benzene rings is 1. The summed E-state index contributed by atoms with van der Waals surface area (Å²) in [5.41, 5.74) is 2.57. The van der Waals surface area contributed by atoms with E-state index in [4.69, 9.17) is 4.42 Å². The Morgan fingerprint density at radius 3 is 2.37 bits per heavy atom. The second-order valence-electron chi connectivity index (χ2n) is 6.85. The SMILES string of the molecule is CCN(CC)c1ccc(NC2=C(c3cccs3)C(=O)N(Cc3ccco3)C2=O)cc1. The van der Waals surface area contributed by atoms with Gasteiger partial charge in [0.05, 0.1) is 18.4 Å². The van der Waals surface area contributed by atoms with Crippen LogP contribution in [-0.4, -0.2) is 29.8 Å². The number of thiophene rings is 1. The highest BCUT2D eigenvalue weighted by Gasteiger charge is 2.40. The van der Waals surface area contributed by atoms with Gasteiger partial charge >= 0.3 is 0 Å². The number of anilines is 2. The molecule has 0 radical (unpaired) electrons. The molecule has 1 aromatic carbocycles. The highest BCUT2D eigenvalue weighted by atomic mass is 32.1. The number of nitrogens with zero attached hydrogens (tertiary/aromatic N) is 2. The normalized spacial score (nSPS) is 14.0. The fourth-order valence-electron chi connectivity index (χ4n) is 3.53. The van der Waals surface area contributed by atoms with Gasteiger partial charge in [-0.15, -0.1) is 11.3 Å². The molecule has 3 aromatic rings. The Morgan fingerprint density at radius 1 is 1.00 bits per heavy atom. The molecule has 2 amide bonds. The maximum Gasteiger partial charge on any atom is 0.278 e. The van der Waals surface area contributed by atoms with Gasteiger partial charge < -0.3 is 14.6 Å². The Kier molecular flexibility index (Phi) is 5.72. The third-order valence-electron chi connectivity index (χ3n) is 5.09. The number of carbonyl (C=O) groups is 2. The number of rotatable bonds is 8. The Balaban J connectivity index is 1.64. The number of hydrogen-bond acceptors (Lipinski definition) is 6. The van der Waals surface area contributed by atoms with Crippen LogP contribution in [0.2, 0.25) is 0 Å². The van der Waals surface area contributed by atoms with Gasteiger partial charge in [-0.2, -0.15) is 0 Å². The van der Waals surface area contributed by atoms with E-state index in [1.54, 1.807) is 12.1 Å². The van der Waals surface area contributed by atoms with Crippen LogP contribution in [0.25, 0.3) is 5.57 Å². The van der Waals surface area contributed by atoms with Gasteiger partial charge in [-0.25, -0.2) is 0 Å². The van der Waals surface area contributed by atoms with E-state index >= 15 is 0 Å². The molecule has 0 saturated heterocycles. The van der Waals surface area contributed by atoms with Crippen LogP contribution in [0.1, 0.15) is 24.5 Å². The standard InChI is InChI=1S/C23H23N3O3S/c1-3-25(4-2)17-11-9-16(10-12-17)24-21-20(19-8-6-14-30-19)22(27)26(23(21)28)15-18-7-5-13-29-18/h5-14,24H,3-4,15H2,1-2H3. The fourth-order valence-corrected chi connectivity index (χ4v) is 4.30. The minimum atomic E-state index is -0.354. The monoisotopic (exact) mass is 421 g/mol. The lowest BCUT2D eigenvalue weighted by molar-refractivity contribution is -0.137. The summed E-state index contributed by atoms with van der Waals surface area (Å²) >= 11 is 1.43. The summed E-state index contributed by atoms with van der Waals surface area (Å²) in [7, 11) is 0. The van der Waals surface area contributed by atoms with Gasteiger partial charge in [-0.05, 0) is 61.7 Å². The first kappa shape index (κ1) is 20.0. The fraction of sp³-hybridized carbons (Fsp3) is 0.217. The van der Waals surface area contributed by atoms with Crippen LogP contribution in [0, 0.1) is 0 Å². The number of hydrogen-bond donors (Lipinski definition) is 1. The molecule has 0 fully saturated rings. The van der Waals surface area contributed by atoms with Gasteiger partial charge in [0.25, 0.3) is 11.8 Å². The summed E-state index contributed by atoms with van der Waals surface area (Å²) in [6.07, 6.45) is 1.53. The van der Waals surface area contributed by atoms with Gasteiger partial charge in [0, 0.05) is 29.3 Å². The molecule has 2 aromatic heterocycles. The summed E-state index contributed by atoms with van der Waals surface area (Å²) in [5.74, 6) is -0.110. The summed E-state index contributed by atoms with van der Waals surface area (Å²) in [4.78, 5) is 30.5. The Labute approximate surface area is 179 Å². The van der Waals surface area contributed by atoms with Gasteiger partial charge in [-0.3, -0.25) is 14.5 Å². The first-order valence-corrected chi connectivity index (χ1v) is 10.8. The van der Waals surface area contributed by atoms with Crippen molar-refractivity contribution in [3.8, 4) is 0 Å². The minimum absolute atomic E-state index is 0.103. The molecule has 0 aliphatic carbocycles. The maximum atomic E-state index is 13.2. The largest absolute Gasteiger partial charge is 0.467 e. The zero-order valence-corrected chi connectivity index (χ0v) is 17.7. The van der Waals surface area contributed by atoms with Crippen LogP contribution in [0.15, 0.2) is 70.3 Å². The molecule has 4 rings (SSSR count). The first-order chi connectivity index (χ1) is 14.6. The van der Waals surface area contributed by atoms with Crippen molar-refractivity contribution in [1.82, 2.24) is 4.90 Å². The predicted molar refractivity (Wildman–Crippen MR) is 119 cm³/mol. The average molecular weight is 422 g/mol. The van der Waals surface area contributed by atoms with Crippen molar-refractivity contribution >= 4 is 40.1 Å². The van der Waals surface area contributed by atoms with Gasteiger partial charge in [0.15, 0.2) is 0 Å². The van der Waals surface area contributed by atoms with Crippen LogP contribution in [0.4, 0.5) is 11.4 Å². The smallest absolute Gasteiger partial charge is 0.278 e. The highest BCUT2D eigenvalue weighted by Crippen LogP contribution is 2.34. The third kappa shape index (κ3) is 3.76. The molecule has 0 bridgehead atoms. The molecule has 6 nitrogen and oxygen atoms in total. The molecule has 1 N–H and O–H groups in total. The minimum Gasteiger partial charge on any atom is -0.467 e. The molecule has 0 saturated carbocycles.